The summed E-state index contributed by atoms with van der Waals surface area (Å²) in [6.45, 7) is 3.89. The molecule has 1 N–H and O–H groups in total. The van der Waals surface area contributed by atoms with Gasteiger partial charge in [0.15, 0.2) is 0 Å². The second-order valence-electron chi connectivity index (χ2n) is 3.89. The summed E-state index contributed by atoms with van der Waals surface area (Å²) in [5.74, 6) is 0. The van der Waals surface area contributed by atoms with Crippen molar-refractivity contribution in [1.82, 2.24) is 10.3 Å². The van der Waals surface area contributed by atoms with Crippen molar-refractivity contribution in [3.63, 3.8) is 0 Å². The number of aryl methyl sites for hydroxylation is 1. The van der Waals surface area contributed by atoms with Gasteiger partial charge in [0, 0.05) is 25.5 Å². The minimum atomic E-state index is 0.892. The first kappa shape index (κ1) is 10.8. The molecule has 0 aliphatic rings. The van der Waals surface area contributed by atoms with Crippen LogP contribution in [0.5, 0.6) is 0 Å². The summed E-state index contributed by atoms with van der Waals surface area (Å²) in [6.07, 6.45) is 3.74. The van der Waals surface area contributed by atoms with Crippen LogP contribution in [-0.2, 0) is 13.1 Å². The van der Waals surface area contributed by atoms with E-state index in [1.54, 1.807) is 0 Å². The van der Waals surface area contributed by atoms with E-state index in [9.17, 15) is 0 Å². The number of nitrogens with zero attached hydrogens (tertiary/aromatic N) is 1. The highest BCUT2D eigenvalue weighted by Gasteiger charge is 1.96. The van der Waals surface area contributed by atoms with E-state index in [1.807, 2.05) is 18.5 Å². The molecule has 2 nitrogen and oxygen atoms in total. The maximum Gasteiger partial charge on any atom is 0.0300 e. The molecule has 0 spiro atoms. The lowest BCUT2D eigenvalue weighted by molar-refractivity contribution is 0.690. The lowest BCUT2D eigenvalue weighted by Gasteiger charge is -2.07. The van der Waals surface area contributed by atoms with Gasteiger partial charge in [-0.2, -0.15) is 0 Å². The van der Waals surface area contributed by atoms with Crippen molar-refractivity contribution in [1.29, 1.82) is 0 Å². The molecule has 0 saturated heterocycles. The van der Waals surface area contributed by atoms with Crippen LogP contribution in [0.4, 0.5) is 0 Å². The fourth-order valence-corrected chi connectivity index (χ4v) is 1.64. The largest absolute Gasteiger partial charge is 0.309 e. The summed E-state index contributed by atoms with van der Waals surface area (Å²) in [4.78, 5) is 4.08. The first-order chi connectivity index (χ1) is 7.86. The smallest absolute Gasteiger partial charge is 0.0300 e. The van der Waals surface area contributed by atoms with Gasteiger partial charge in [-0.25, -0.2) is 0 Å². The van der Waals surface area contributed by atoms with Gasteiger partial charge in [-0.3, -0.25) is 4.98 Å². The summed E-state index contributed by atoms with van der Waals surface area (Å²) in [5.41, 5.74) is 3.86. The van der Waals surface area contributed by atoms with E-state index in [2.05, 4.69) is 47.6 Å². The third-order valence-electron chi connectivity index (χ3n) is 2.62. The number of hydrogen-bond donors (Lipinski definition) is 1. The van der Waals surface area contributed by atoms with Crippen LogP contribution in [0.25, 0.3) is 0 Å². The summed E-state index contributed by atoms with van der Waals surface area (Å²) < 4.78 is 0. The van der Waals surface area contributed by atoms with Crippen LogP contribution in [0.3, 0.4) is 0 Å². The van der Waals surface area contributed by atoms with Crippen molar-refractivity contribution in [3.8, 4) is 0 Å². The number of hydrogen-bond acceptors (Lipinski definition) is 2. The van der Waals surface area contributed by atoms with Crippen molar-refractivity contribution in [2.45, 2.75) is 20.0 Å². The Kier molecular flexibility index (Phi) is 3.67. The van der Waals surface area contributed by atoms with Gasteiger partial charge in [0.05, 0.1) is 0 Å². The van der Waals surface area contributed by atoms with E-state index < -0.39 is 0 Å². The van der Waals surface area contributed by atoms with Gasteiger partial charge in [-0.15, -0.1) is 0 Å². The summed E-state index contributed by atoms with van der Waals surface area (Å²) in [5, 5.41) is 3.43. The normalized spacial score (nSPS) is 10.3. The van der Waals surface area contributed by atoms with Crippen molar-refractivity contribution in [2.75, 3.05) is 0 Å². The molecule has 0 saturated carbocycles. The van der Waals surface area contributed by atoms with Crippen molar-refractivity contribution in [3.05, 3.63) is 65.5 Å². The zero-order valence-corrected chi connectivity index (χ0v) is 9.48. The van der Waals surface area contributed by atoms with Crippen LogP contribution in [0, 0.1) is 6.92 Å². The second kappa shape index (κ2) is 5.42. The molecule has 82 valence electrons. The van der Waals surface area contributed by atoms with Gasteiger partial charge in [0.25, 0.3) is 0 Å². The van der Waals surface area contributed by atoms with Crippen LogP contribution < -0.4 is 5.32 Å². The zero-order chi connectivity index (χ0) is 11.2. The molecule has 2 heteroatoms. The fraction of sp³-hybridized carbons (Fsp3) is 0.214. The highest BCUT2D eigenvalue weighted by Crippen LogP contribution is 2.05. The monoisotopic (exact) mass is 212 g/mol. The molecule has 1 aromatic heterocycles. The zero-order valence-electron chi connectivity index (χ0n) is 9.48. The van der Waals surface area contributed by atoms with Gasteiger partial charge in [-0.1, -0.05) is 30.3 Å². The van der Waals surface area contributed by atoms with Crippen LogP contribution in [0.15, 0.2) is 48.8 Å². The Balaban J connectivity index is 1.87. The first-order valence-corrected chi connectivity index (χ1v) is 5.50. The van der Waals surface area contributed by atoms with Gasteiger partial charge in [0.2, 0.25) is 0 Å². The second-order valence-corrected chi connectivity index (χ2v) is 3.89. The van der Waals surface area contributed by atoms with E-state index in [4.69, 9.17) is 0 Å². The molecule has 2 aromatic rings. The average Bonchev–Trinajstić information content (AvgIpc) is 2.33. The average molecular weight is 212 g/mol. The van der Waals surface area contributed by atoms with E-state index in [-0.39, 0.29) is 0 Å². The maximum absolute atomic E-state index is 4.08. The Labute approximate surface area is 96.4 Å². The Morgan fingerprint density at radius 1 is 1.06 bits per heavy atom. The lowest BCUT2D eigenvalue weighted by Crippen LogP contribution is -2.13. The van der Waals surface area contributed by atoms with Crippen molar-refractivity contribution in [2.24, 2.45) is 0 Å². The van der Waals surface area contributed by atoms with E-state index >= 15 is 0 Å². The number of rotatable bonds is 4. The molecule has 0 aliphatic heterocycles. The predicted molar refractivity (Wildman–Crippen MR) is 66.0 cm³/mol. The molecule has 0 amide bonds. The molecule has 0 bridgehead atoms. The molecule has 0 atom stereocenters. The van der Waals surface area contributed by atoms with Crippen LogP contribution in [-0.4, -0.2) is 4.98 Å². The molecule has 0 fully saturated rings. The van der Waals surface area contributed by atoms with Gasteiger partial charge in [0.1, 0.15) is 0 Å². The van der Waals surface area contributed by atoms with Crippen molar-refractivity contribution >= 4 is 0 Å². The Morgan fingerprint density at radius 3 is 2.62 bits per heavy atom. The molecule has 1 aromatic carbocycles. The molecule has 16 heavy (non-hydrogen) atoms. The fourth-order valence-electron chi connectivity index (χ4n) is 1.64. The van der Waals surface area contributed by atoms with Gasteiger partial charge < -0.3 is 5.32 Å². The topological polar surface area (TPSA) is 24.9 Å². The van der Waals surface area contributed by atoms with Crippen LogP contribution in [0.2, 0.25) is 0 Å². The summed E-state index contributed by atoms with van der Waals surface area (Å²) in [7, 11) is 0. The molecule has 1 heterocycles. The molecule has 0 unspecified atom stereocenters. The maximum atomic E-state index is 4.08. The first-order valence-electron chi connectivity index (χ1n) is 5.50. The van der Waals surface area contributed by atoms with Crippen LogP contribution in [0.1, 0.15) is 16.7 Å². The number of nitrogens with one attached hydrogen (secondary N) is 1. The van der Waals surface area contributed by atoms with Gasteiger partial charge >= 0.3 is 0 Å². The Bertz CT molecular complexity index is 437. The van der Waals surface area contributed by atoms with E-state index in [0.717, 1.165) is 13.1 Å². The third-order valence-corrected chi connectivity index (χ3v) is 2.62. The SMILES string of the molecule is Cc1cnccc1CNCc1ccccc1. The molecular formula is C14H16N2. The highest BCUT2D eigenvalue weighted by molar-refractivity contribution is 5.21. The van der Waals surface area contributed by atoms with Crippen LogP contribution >= 0.6 is 0 Å². The molecule has 0 radical (unpaired) electrons. The lowest BCUT2D eigenvalue weighted by atomic mass is 10.1. The quantitative estimate of drug-likeness (QED) is 0.842. The number of benzene rings is 1. The summed E-state index contributed by atoms with van der Waals surface area (Å²) >= 11 is 0. The molecular weight excluding hydrogens is 196 g/mol. The Morgan fingerprint density at radius 2 is 1.88 bits per heavy atom. The van der Waals surface area contributed by atoms with E-state index in [1.165, 1.54) is 16.7 Å². The predicted octanol–water partition coefficient (Wildman–Crippen LogP) is 2.68. The summed E-state index contributed by atoms with van der Waals surface area (Å²) in [6, 6.07) is 12.5. The minimum absolute atomic E-state index is 0.892. The van der Waals surface area contributed by atoms with Gasteiger partial charge in [-0.05, 0) is 29.7 Å². The van der Waals surface area contributed by atoms with Crippen molar-refractivity contribution < 1.29 is 0 Å². The van der Waals surface area contributed by atoms with E-state index in [0.29, 0.717) is 0 Å². The number of aromatic nitrogens is 1. The molecule has 0 aliphatic carbocycles. The standard InChI is InChI=1S/C14H16N2/c1-12-9-15-8-7-14(12)11-16-10-13-5-3-2-4-6-13/h2-9,16H,10-11H2,1H3. The molecule has 2 rings (SSSR count). The minimum Gasteiger partial charge on any atom is -0.309 e. The number of pyridine rings is 1. The third kappa shape index (κ3) is 2.91. The highest BCUT2D eigenvalue weighted by atomic mass is 14.8. The Hall–Kier alpha value is -1.67.